The van der Waals surface area contributed by atoms with Crippen molar-refractivity contribution in [3.05, 3.63) is 50.9 Å². The fourth-order valence-electron chi connectivity index (χ4n) is 3.22. The molecule has 134 valence electrons. The number of aliphatic carboxylic acids is 1. The van der Waals surface area contributed by atoms with Crippen LogP contribution in [0.15, 0.2) is 33.9 Å². The van der Waals surface area contributed by atoms with Gasteiger partial charge in [0.2, 0.25) is 5.95 Å². The Hall–Kier alpha value is -3.43. The molecule has 1 aromatic carbocycles. The lowest BCUT2D eigenvalue weighted by Crippen LogP contribution is -2.41. The van der Waals surface area contributed by atoms with Crippen molar-refractivity contribution in [2.45, 2.75) is 13.1 Å². The Balaban J connectivity index is 1.95. The quantitative estimate of drug-likeness (QED) is 0.720. The first kappa shape index (κ1) is 16.1. The number of halogens is 1. The normalized spacial score (nSPS) is 13.4. The van der Waals surface area contributed by atoms with Crippen molar-refractivity contribution in [3.8, 4) is 0 Å². The summed E-state index contributed by atoms with van der Waals surface area (Å²) in [6.45, 7) is 0.235. The Bertz CT molecular complexity index is 1160. The summed E-state index contributed by atoms with van der Waals surface area (Å²) in [4.78, 5) is 42.2. The first-order valence-electron chi connectivity index (χ1n) is 7.83. The number of aromatic nitrogens is 4. The lowest BCUT2D eigenvalue weighted by Gasteiger charge is -2.15. The number of imidazole rings is 1. The van der Waals surface area contributed by atoms with E-state index in [0.29, 0.717) is 29.3 Å². The number of hydrogen-bond acceptors (Lipinski definition) is 5. The van der Waals surface area contributed by atoms with Crippen molar-refractivity contribution in [1.82, 2.24) is 18.7 Å². The predicted octanol–water partition coefficient (Wildman–Crippen LogP) is 0.272. The van der Waals surface area contributed by atoms with E-state index in [9.17, 15) is 18.8 Å². The number of carboxylic acid groups (broad SMARTS) is 1. The summed E-state index contributed by atoms with van der Waals surface area (Å²) < 4.78 is 16.7. The lowest BCUT2D eigenvalue weighted by molar-refractivity contribution is -0.137. The van der Waals surface area contributed by atoms with Gasteiger partial charge in [-0.3, -0.25) is 14.2 Å². The van der Waals surface area contributed by atoms with Crippen molar-refractivity contribution in [2.75, 3.05) is 11.4 Å². The Kier molecular flexibility index (Phi) is 3.43. The molecule has 26 heavy (non-hydrogen) atoms. The van der Waals surface area contributed by atoms with E-state index in [1.165, 1.54) is 19.2 Å². The van der Waals surface area contributed by atoms with Crippen LogP contribution in [0.5, 0.6) is 0 Å². The van der Waals surface area contributed by atoms with Gasteiger partial charge in [-0.05, 0) is 24.3 Å². The first-order valence-corrected chi connectivity index (χ1v) is 7.83. The van der Waals surface area contributed by atoms with Crippen LogP contribution in [-0.4, -0.2) is 36.3 Å². The molecule has 3 heterocycles. The molecule has 4 rings (SSSR count). The summed E-state index contributed by atoms with van der Waals surface area (Å²) in [5.74, 6) is -1.19. The summed E-state index contributed by atoms with van der Waals surface area (Å²) >= 11 is 0. The summed E-state index contributed by atoms with van der Waals surface area (Å²) in [6, 6.07) is 5.87. The largest absolute Gasteiger partial charge is 0.480 e. The van der Waals surface area contributed by atoms with Crippen LogP contribution in [0.2, 0.25) is 0 Å². The van der Waals surface area contributed by atoms with Gasteiger partial charge in [-0.1, -0.05) is 0 Å². The maximum Gasteiger partial charge on any atom is 0.333 e. The zero-order chi connectivity index (χ0) is 18.6. The number of benzene rings is 1. The van der Waals surface area contributed by atoms with E-state index in [4.69, 9.17) is 5.11 Å². The van der Waals surface area contributed by atoms with Crippen LogP contribution in [0.25, 0.3) is 11.2 Å². The van der Waals surface area contributed by atoms with E-state index in [-0.39, 0.29) is 17.0 Å². The maximum absolute atomic E-state index is 13.2. The minimum Gasteiger partial charge on any atom is -0.480 e. The molecule has 0 saturated carbocycles. The molecule has 3 aromatic rings. The summed E-state index contributed by atoms with van der Waals surface area (Å²) in [5.41, 5.74) is -0.368. The smallest absolute Gasteiger partial charge is 0.333 e. The highest BCUT2D eigenvalue weighted by molar-refractivity contribution is 5.78. The van der Waals surface area contributed by atoms with Gasteiger partial charge in [0.15, 0.2) is 11.2 Å². The SMILES string of the molecule is Cn1c(=O)n(CC(=O)O)c(=O)c2c1nc1n2CCN1c1ccc(F)cc1. The van der Waals surface area contributed by atoms with Gasteiger partial charge in [0.1, 0.15) is 12.4 Å². The highest BCUT2D eigenvalue weighted by Gasteiger charge is 2.29. The Morgan fingerprint density at radius 1 is 1.23 bits per heavy atom. The number of fused-ring (bicyclic) bond motifs is 3. The molecule has 0 amide bonds. The average Bonchev–Trinajstić information content (AvgIpc) is 3.16. The van der Waals surface area contributed by atoms with Gasteiger partial charge in [-0.2, -0.15) is 4.98 Å². The van der Waals surface area contributed by atoms with E-state index in [1.807, 2.05) is 4.90 Å². The molecule has 0 spiro atoms. The summed E-state index contributed by atoms with van der Waals surface area (Å²) in [6.07, 6.45) is 0. The Labute approximate surface area is 145 Å². The predicted molar refractivity (Wildman–Crippen MR) is 90.3 cm³/mol. The molecule has 0 aliphatic carbocycles. The van der Waals surface area contributed by atoms with Gasteiger partial charge >= 0.3 is 11.7 Å². The second kappa shape index (κ2) is 5.55. The van der Waals surface area contributed by atoms with E-state index in [0.717, 1.165) is 4.57 Å². The number of carboxylic acids is 1. The topological polar surface area (TPSA) is 102 Å². The van der Waals surface area contributed by atoms with Gasteiger partial charge < -0.3 is 14.6 Å². The highest BCUT2D eigenvalue weighted by atomic mass is 19.1. The third-order valence-electron chi connectivity index (χ3n) is 4.43. The van der Waals surface area contributed by atoms with Crippen molar-refractivity contribution in [3.63, 3.8) is 0 Å². The van der Waals surface area contributed by atoms with Crippen LogP contribution in [0.3, 0.4) is 0 Å². The number of anilines is 2. The highest BCUT2D eigenvalue weighted by Crippen LogP contribution is 2.31. The van der Waals surface area contributed by atoms with Crippen LogP contribution in [0, 0.1) is 5.82 Å². The molecule has 10 heteroatoms. The van der Waals surface area contributed by atoms with Crippen LogP contribution in [-0.2, 0) is 24.9 Å². The zero-order valence-corrected chi connectivity index (χ0v) is 13.7. The third-order valence-corrected chi connectivity index (χ3v) is 4.43. The molecule has 0 fully saturated rings. The van der Waals surface area contributed by atoms with Gasteiger partial charge in [0.05, 0.1) is 0 Å². The molecule has 0 unspecified atom stereocenters. The minimum absolute atomic E-state index is 0.174. The molecule has 0 radical (unpaired) electrons. The number of rotatable bonds is 3. The molecular formula is C16H14FN5O4. The Morgan fingerprint density at radius 2 is 1.92 bits per heavy atom. The van der Waals surface area contributed by atoms with Crippen LogP contribution in [0.1, 0.15) is 0 Å². The average molecular weight is 359 g/mol. The molecule has 2 aromatic heterocycles. The fraction of sp³-hybridized carbons (Fsp3) is 0.250. The van der Waals surface area contributed by atoms with Gasteiger partial charge in [0.25, 0.3) is 5.56 Å². The molecule has 1 aliphatic heterocycles. The van der Waals surface area contributed by atoms with Gasteiger partial charge in [0, 0.05) is 25.8 Å². The van der Waals surface area contributed by atoms with Gasteiger partial charge in [-0.15, -0.1) is 0 Å². The summed E-state index contributed by atoms with van der Waals surface area (Å²) in [7, 11) is 1.44. The van der Waals surface area contributed by atoms with E-state index < -0.39 is 23.8 Å². The van der Waals surface area contributed by atoms with Crippen LogP contribution >= 0.6 is 0 Å². The zero-order valence-electron chi connectivity index (χ0n) is 13.7. The third kappa shape index (κ3) is 2.22. The van der Waals surface area contributed by atoms with E-state index >= 15 is 0 Å². The molecule has 0 saturated heterocycles. The number of nitrogens with zero attached hydrogens (tertiary/aromatic N) is 5. The van der Waals surface area contributed by atoms with Crippen molar-refractivity contribution < 1.29 is 14.3 Å². The van der Waals surface area contributed by atoms with Crippen LogP contribution < -0.4 is 16.1 Å². The fourth-order valence-corrected chi connectivity index (χ4v) is 3.22. The van der Waals surface area contributed by atoms with Gasteiger partial charge in [-0.25, -0.2) is 13.8 Å². The molecule has 0 atom stereocenters. The molecule has 0 bridgehead atoms. The lowest BCUT2D eigenvalue weighted by atomic mass is 10.3. The monoisotopic (exact) mass is 359 g/mol. The second-order valence-electron chi connectivity index (χ2n) is 5.99. The summed E-state index contributed by atoms with van der Waals surface area (Å²) in [5, 5.41) is 8.97. The second-order valence-corrected chi connectivity index (χ2v) is 5.99. The van der Waals surface area contributed by atoms with Crippen molar-refractivity contribution >= 4 is 28.8 Å². The molecule has 1 N–H and O–H groups in total. The Morgan fingerprint density at radius 3 is 2.58 bits per heavy atom. The van der Waals surface area contributed by atoms with Crippen LogP contribution in [0.4, 0.5) is 16.0 Å². The van der Waals surface area contributed by atoms with Crippen molar-refractivity contribution in [2.24, 2.45) is 7.05 Å². The first-order chi connectivity index (χ1) is 12.4. The van der Waals surface area contributed by atoms with E-state index in [1.54, 1.807) is 16.7 Å². The minimum atomic E-state index is -1.28. The van der Waals surface area contributed by atoms with Crippen molar-refractivity contribution in [1.29, 1.82) is 0 Å². The maximum atomic E-state index is 13.2. The number of aryl methyl sites for hydroxylation is 1. The number of carbonyl (C=O) groups is 1. The van der Waals surface area contributed by atoms with E-state index in [2.05, 4.69) is 4.98 Å². The molecule has 1 aliphatic rings. The molecular weight excluding hydrogens is 345 g/mol. The molecule has 9 nitrogen and oxygen atoms in total. The standard InChI is InChI=1S/C16H14FN5O4/c1-19-13-12(14(25)22(16(19)26)8-11(23)24)21-7-6-20(15(21)18-13)10-4-2-9(17)3-5-10/h2-5H,6-8H2,1H3,(H,23,24). The number of hydrogen-bond donors (Lipinski definition) is 1.